The van der Waals surface area contributed by atoms with Crippen LogP contribution in [0.1, 0.15) is 18.4 Å². The van der Waals surface area contributed by atoms with Crippen LogP contribution in [0.3, 0.4) is 0 Å². The minimum atomic E-state index is -1.15. The van der Waals surface area contributed by atoms with Crippen LogP contribution in [-0.4, -0.2) is 58.8 Å². The molecule has 8 heteroatoms. The van der Waals surface area contributed by atoms with Gasteiger partial charge in [0.15, 0.2) is 0 Å². The molecule has 1 aromatic carbocycles. The van der Waals surface area contributed by atoms with Crippen molar-refractivity contribution >= 4 is 18.0 Å². The number of aromatic hydroxyl groups is 1. The van der Waals surface area contributed by atoms with E-state index < -0.39 is 30.1 Å². The van der Waals surface area contributed by atoms with Crippen LogP contribution in [0.5, 0.6) is 5.75 Å². The van der Waals surface area contributed by atoms with Gasteiger partial charge in [-0.05, 0) is 30.5 Å². The SMILES string of the molecule is COC(=O)C(Cc1ccc(O)cc1)NC(=O)[C@@H]1CCCN1C(=O)O. The molecule has 1 aliphatic heterocycles. The van der Waals surface area contributed by atoms with Gasteiger partial charge in [-0.15, -0.1) is 0 Å². The summed E-state index contributed by atoms with van der Waals surface area (Å²) in [5, 5.41) is 21.0. The monoisotopic (exact) mass is 336 g/mol. The van der Waals surface area contributed by atoms with Gasteiger partial charge < -0.3 is 20.3 Å². The predicted octanol–water partition coefficient (Wildman–Crippen LogP) is 0.735. The Morgan fingerprint density at radius 2 is 2.00 bits per heavy atom. The van der Waals surface area contributed by atoms with Gasteiger partial charge in [0.05, 0.1) is 7.11 Å². The smallest absolute Gasteiger partial charge is 0.407 e. The summed E-state index contributed by atoms with van der Waals surface area (Å²) in [7, 11) is 1.22. The van der Waals surface area contributed by atoms with E-state index in [-0.39, 0.29) is 12.2 Å². The van der Waals surface area contributed by atoms with E-state index in [0.29, 0.717) is 19.4 Å². The molecule has 1 heterocycles. The number of carbonyl (C=O) groups is 3. The number of rotatable bonds is 5. The van der Waals surface area contributed by atoms with Crippen molar-refractivity contribution in [1.29, 1.82) is 0 Å². The van der Waals surface area contributed by atoms with E-state index >= 15 is 0 Å². The normalized spacial score (nSPS) is 18.0. The maximum Gasteiger partial charge on any atom is 0.407 e. The zero-order valence-electron chi connectivity index (χ0n) is 13.3. The number of benzene rings is 1. The summed E-state index contributed by atoms with van der Waals surface area (Å²) in [5.41, 5.74) is 0.727. The first-order valence-corrected chi connectivity index (χ1v) is 7.58. The van der Waals surface area contributed by atoms with Gasteiger partial charge in [0.1, 0.15) is 17.8 Å². The van der Waals surface area contributed by atoms with Gasteiger partial charge in [0.25, 0.3) is 0 Å². The predicted molar refractivity (Wildman–Crippen MR) is 83.5 cm³/mol. The molecule has 0 aliphatic carbocycles. The molecule has 1 aliphatic rings. The molecule has 1 aromatic rings. The number of methoxy groups -OCH3 is 1. The van der Waals surface area contributed by atoms with Crippen LogP contribution in [0.2, 0.25) is 0 Å². The van der Waals surface area contributed by atoms with Crippen LogP contribution in [0.4, 0.5) is 4.79 Å². The highest BCUT2D eigenvalue weighted by Gasteiger charge is 2.36. The minimum absolute atomic E-state index is 0.0976. The van der Waals surface area contributed by atoms with Crippen LogP contribution in [0.25, 0.3) is 0 Å². The number of phenols is 1. The number of amides is 2. The van der Waals surface area contributed by atoms with E-state index in [4.69, 9.17) is 9.84 Å². The van der Waals surface area contributed by atoms with Gasteiger partial charge >= 0.3 is 12.1 Å². The average molecular weight is 336 g/mol. The molecule has 2 atom stereocenters. The highest BCUT2D eigenvalue weighted by atomic mass is 16.5. The van der Waals surface area contributed by atoms with Crippen molar-refractivity contribution in [2.75, 3.05) is 13.7 Å². The number of esters is 1. The molecule has 1 saturated heterocycles. The van der Waals surface area contributed by atoms with Crippen molar-refractivity contribution in [2.24, 2.45) is 0 Å². The second-order valence-corrected chi connectivity index (χ2v) is 5.59. The van der Waals surface area contributed by atoms with Gasteiger partial charge in [-0.2, -0.15) is 0 Å². The average Bonchev–Trinajstić information content (AvgIpc) is 3.05. The van der Waals surface area contributed by atoms with E-state index in [0.717, 1.165) is 10.5 Å². The van der Waals surface area contributed by atoms with E-state index in [1.54, 1.807) is 12.1 Å². The third kappa shape index (κ3) is 4.15. The largest absolute Gasteiger partial charge is 0.508 e. The molecule has 0 aromatic heterocycles. The molecule has 0 radical (unpaired) electrons. The van der Waals surface area contributed by atoms with E-state index in [9.17, 15) is 19.5 Å². The zero-order valence-corrected chi connectivity index (χ0v) is 13.3. The summed E-state index contributed by atoms with van der Waals surface area (Å²) in [5.74, 6) is -1.03. The molecule has 3 N–H and O–H groups in total. The second kappa shape index (κ2) is 7.67. The number of hydrogen-bond acceptors (Lipinski definition) is 5. The maximum absolute atomic E-state index is 12.4. The van der Waals surface area contributed by atoms with Crippen molar-refractivity contribution in [2.45, 2.75) is 31.3 Å². The first-order chi connectivity index (χ1) is 11.4. The van der Waals surface area contributed by atoms with E-state index in [2.05, 4.69) is 5.32 Å². The lowest BCUT2D eigenvalue weighted by Crippen LogP contribution is -2.51. The lowest BCUT2D eigenvalue weighted by Gasteiger charge is -2.23. The Balaban J connectivity index is 2.08. The van der Waals surface area contributed by atoms with Gasteiger partial charge in [-0.1, -0.05) is 12.1 Å². The number of hydrogen-bond donors (Lipinski definition) is 3. The lowest BCUT2D eigenvalue weighted by molar-refractivity contribution is -0.145. The molecule has 130 valence electrons. The summed E-state index contributed by atoms with van der Waals surface area (Å²) in [4.78, 5) is 36.5. The van der Waals surface area contributed by atoms with Gasteiger partial charge in [0.2, 0.25) is 5.91 Å². The van der Waals surface area contributed by atoms with E-state index in [1.807, 2.05) is 0 Å². The summed E-state index contributed by atoms with van der Waals surface area (Å²) in [6.07, 6.45) is 0.0513. The lowest BCUT2D eigenvalue weighted by atomic mass is 10.0. The number of nitrogens with zero attached hydrogens (tertiary/aromatic N) is 1. The molecule has 0 saturated carbocycles. The molecule has 1 fully saturated rings. The summed E-state index contributed by atoms with van der Waals surface area (Å²) < 4.78 is 4.71. The second-order valence-electron chi connectivity index (χ2n) is 5.59. The standard InChI is InChI=1S/C16H20N2O6/c1-24-15(21)12(9-10-4-6-11(19)7-5-10)17-14(20)13-3-2-8-18(13)16(22)23/h4-7,12-13,19H,2-3,8-9H2,1H3,(H,17,20)(H,22,23)/t12?,13-/m0/s1. The molecule has 2 rings (SSSR count). The molecule has 1 unspecified atom stereocenters. The van der Waals surface area contributed by atoms with Gasteiger partial charge in [-0.25, -0.2) is 9.59 Å². The number of phenolic OH excluding ortho intramolecular Hbond substituents is 1. The molecular weight excluding hydrogens is 316 g/mol. The van der Waals surface area contributed by atoms with Gasteiger partial charge in [-0.3, -0.25) is 9.69 Å². The number of carboxylic acid groups (broad SMARTS) is 1. The highest BCUT2D eigenvalue weighted by Crippen LogP contribution is 2.18. The Kier molecular flexibility index (Phi) is 5.62. The van der Waals surface area contributed by atoms with Crippen molar-refractivity contribution in [3.05, 3.63) is 29.8 Å². The van der Waals surface area contributed by atoms with Crippen LogP contribution >= 0.6 is 0 Å². The number of ether oxygens (including phenoxy) is 1. The van der Waals surface area contributed by atoms with Crippen molar-refractivity contribution in [3.63, 3.8) is 0 Å². The summed E-state index contributed by atoms with van der Waals surface area (Å²) >= 11 is 0. The fourth-order valence-corrected chi connectivity index (χ4v) is 2.74. The van der Waals surface area contributed by atoms with Crippen molar-refractivity contribution in [3.8, 4) is 5.75 Å². The van der Waals surface area contributed by atoms with Gasteiger partial charge in [0, 0.05) is 13.0 Å². The Labute approximate surface area is 139 Å². The molecule has 2 amide bonds. The van der Waals surface area contributed by atoms with Crippen LogP contribution in [-0.2, 0) is 20.7 Å². The summed E-state index contributed by atoms with van der Waals surface area (Å²) in [6.45, 7) is 0.300. The molecular formula is C16H20N2O6. The molecule has 8 nitrogen and oxygen atoms in total. The molecule has 0 bridgehead atoms. The van der Waals surface area contributed by atoms with Crippen LogP contribution in [0.15, 0.2) is 24.3 Å². The Morgan fingerprint density at radius 1 is 1.33 bits per heavy atom. The first kappa shape index (κ1) is 17.6. The first-order valence-electron chi connectivity index (χ1n) is 7.58. The number of nitrogens with one attached hydrogen (secondary N) is 1. The van der Waals surface area contributed by atoms with E-state index in [1.165, 1.54) is 19.2 Å². The Morgan fingerprint density at radius 3 is 2.58 bits per heavy atom. The molecule has 24 heavy (non-hydrogen) atoms. The Bertz CT molecular complexity index is 615. The fourth-order valence-electron chi connectivity index (χ4n) is 2.74. The third-order valence-corrected chi connectivity index (χ3v) is 3.98. The van der Waals surface area contributed by atoms with Crippen LogP contribution in [0, 0.1) is 0 Å². The van der Waals surface area contributed by atoms with Crippen molar-refractivity contribution < 1.29 is 29.3 Å². The highest BCUT2D eigenvalue weighted by molar-refractivity contribution is 5.89. The quantitative estimate of drug-likeness (QED) is 0.683. The number of carbonyl (C=O) groups excluding carboxylic acids is 2. The van der Waals surface area contributed by atoms with Crippen molar-refractivity contribution in [1.82, 2.24) is 10.2 Å². The molecule has 0 spiro atoms. The zero-order chi connectivity index (χ0) is 17.7. The maximum atomic E-state index is 12.4. The Hall–Kier alpha value is -2.77. The summed E-state index contributed by atoms with van der Waals surface area (Å²) in [6, 6.07) is 4.51. The fraction of sp³-hybridized carbons (Fsp3) is 0.438. The third-order valence-electron chi connectivity index (χ3n) is 3.98. The number of likely N-dealkylation sites (tertiary alicyclic amines) is 1. The van der Waals surface area contributed by atoms with Crippen LogP contribution < -0.4 is 5.32 Å². The topological polar surface area (TPSA) is 116 Å². The minimum Gasteiger partial charge on any atom is -0.508 e.